The van der Waals surface area contributed by atoms with Crippen molar-refractivity contribution in [1.29, 1.82) is 0 Å². The molecule has 3 heteroatoms. The molecule has 1 aliphatic rings. The van der Waals surface area contributed by atoms with Crippen LogP contribution >= 0.6 is 0 Å². The number of nitrogens with zero attached hydrogens (tertiary/aromatic N) is 2. The van der Waals surface area contributed by atoms with Crippen molar-refractivity contribution in [2.45, 2.75) is 91.4 Å². The maximum atomic E-state index is 12.7. The first-order valence-corrected chi connectivity index (χ1v) is 9.24. The Kier molecular flexibility index (Phi) is 6.66. The van der Waals surface area contributed by atoms with E-state index in [1.807, 2.05) is 0 Å². The summed E-state index contributed by atoms with van der Waals surface area (Å²) < 4.78 is 1.71. The first-order valence-electron chi connectivity index (χ1n) is 9.24. The van der Waals surface area contributed by atoms with E-state index in [1.54, 1.807) is 4.68 Å². The highest BCUT2D eigenvalue weighted by molar-refractivity contribution is 5.81. The lowest BCUT2D eigenvalue weighted by Crippen LogP contribution is -2.25. The number of aromatic nitrogens is 2. The van der Waals surface area contributed by atoms with Crippen molar-refractivity contribution < 1.29 is 4.79 Å². The summed E-state index contributed by atoms with van der Waals surface area (Å²) in [5.74, 6) is 0.432. The summed E-state index contributed by atoms with van der Waals surface area (Å²) in [7, 11) is 0. The van der Waals surface area contributed by atoms with Crippen molar-refractivity contribution in [3.8, 4) is 0 Å². The second-order valence-electron chi connectivity index (χ2n) is 6.90. The SMILES string of the molecule is CCCCCCCc1c(C)nn(C(=O)C2CCCCC2)c1C. The second kappa shape index (κ2) is 8.50. The Morgan fingerprint density at radius 1 is 1.09 bits per heavy atom. The highest BCUT2D eigenvalue weighted by atomic mass is 16.2. The number of aryl methyl sites for hydroxylation is 1. The molecule has 0 amide bonds. The summed E-state index contributed by atoms with van der Waals surface area (Å²) in [6, 6.07) is 0. The van der Waals surface area contributed by atoms with Gasteiger partial charge in [0.05, 0.1) is 5.69 Å². The normalized spacial score (nSPS) is 16.1. The van der Waals surface area contributed by atoms with Crippen LogP contribution in [0.4, 0.5) is 0 Å². The van der Waals surface area contributed by atoms with Crippen LogP contribution in [0.2, 0.25) is 0 Å². The quantitative estimate of drug-likeness (QED) is 0.646. The van der Waals surface area contributed by atoms with Crippen LogP contribution in [0.1, 0.15) is 92.9 Å². The summed E-state index contributed by atoms with van der Waals surface area (Å²) in [6.45, 7) is 6.37. The number of carbonyl (C=O) groups excluding carboxylic acids is 1. The van der Waals surface area contributed by atoms with E-state index < -0.39 is 0 Å². The van der Waals surface area contributed by atoms with Gasteiger partial charge in [-0.3, -0.25) is 4.79 Å². The fourth-order valence-corrected chi connectivity index (χ4v) is 3.68. The van der Waals surface area contributed by atoms with Crippen LogP contribution in [0, 0.1) is 19.8 Å². The van der Waals surface area contributed by atoms with Crippen molar-refractivity contribution >= 4 is 5.91 Å². The van der Waals surface area contributed by atoms with Gasteiger partial charge in [0.15, 0.2) is 0 Å². The molecule has 3 nitrogen and oxygen atoms in total. The Morgan fingerprint density at radius 3 is 2.45 bits per heavy atom. The molecule has 1 heterocycles. The van der Waals surface area contributed by atoms with Gasteiger partial charge in [-0.1, -0.05) is 51.9 Å². The average Bonchev–Trinajstić information content (AvgIpc) is 2.82. The van der Waals surface area contributed by atoms with Crippen molar-refractivity contribution in [3.63, 3.8) is 0 Å². The molecule has 0 N–H and O–H groups in total. The zero-order valence-electron chi connectivity index (χ0n) is 14.7. The monoisotopic (exact) mass is 304 g/mol. The third kappa shape index (κ3) is 4.21. The highest BCUT2D eigenvalue weighted by Gasteiger charge is 2.25. The van der Waals surface area contributed by atoms with E-state index >= 15 is 0 Å². The first kappa shape index (κ1) is 17.2. The molecule has 0 bridgehead atoms. The van der Waals surface area contributed by atoms with Gasteiger partial charge >= 0.3 is 0 Å². The van der Waals surface area contributed by atoms with Crippen molar-refractivity contribution in [1.82, 2.24) is 9.78 Å². The van der Waals surface area contributed by atoms with E-state index in [4.69, 9.17) is 0 Å². The molecule has 22 heavy (non-hydrogen) atoms. The molecule has 0 aromatic carbocycles. The maximum Gasteiger partial charge on any atom is 0.250 e. The molecule has 0 saturated heterocycles. The Balaban J connectivity index is 1.98. The van der Waals surface area contributed by atoms with Crippen LogP contribution in [-0.4, -0.2) is 15.7 Å². The summed E-state index contributed by atoms with van der Waals surface area (Å²) >= 11 is 0. The molecule has 1 saturated carbocycles. The molecule has 124 valence electrons. The molecule has 0 aliphatic heterocycles. The fraction of sp³-hybridized carbons (Fsp3) is 0.789. The van der Waals surface area contributed by atoms with Gasteiger partial charge in [-0.25, -0.2) is 4.68 Å². The molecule has 0 radical (unpaired) electrons. The first-order chi connectivity index (χ1) is 10.6. The van der Waals surface area contributed by atoms with Crippen LogP contribution in [0.15, 0.2) is 0 Å². The Labute approximate surface area is 135 Å². The summed E-state index contributed by atoms with van der Waals surface area (Å²) in [5, 5.41) is 4.57. The Hall–Kier alpha value is -1.12. The molecule has 1 fully saturated rings. The van der Waals surface area contributed by atoms with Gasteiger partial charge in [-0.15, -0.1) is 0 Å². The minimum atomic E-state index is 0.198. The summed E-state index contributed by atoms with van der Waals surface area (Å²) in [4.78, 5) is 12.7. The fourth-order valence-electron chi connectivity index (χ4n) is 3.68. The predicted octanol–water partition coefficient (Wildman–Crippen LogP) is 5.23. The summed E-state index contributed by atoms with van der Waals surface area (Å²) in [5.41, 5.74) is 3.45. The molecule has 1 aliphatic carbocycles. The van der Waals surface area contributed by atoms with Crippen LogP contribution in [-0.2, 0) is 6.42 Å². The Morgan fingerprint density at radius 2 is 1.77 bits per heavy atom. The van der Waals surface area contributed by atoms with E-state index in [2.05, 4.69) is 25.9 Å². The molecule has 0 atom stereocenters. The van der Waals surface area contributed by atoms with E-state index in [-0.39, 0.29) is 11.8 Å². The topological polar surface area (TPSA) is 34.9 Å². The lowest BCUT2D eigenvalue weighted by molar-refractivity contribution is 0.0781. The van der Waals surface area contributed by atoms with E-state index in [1.165, 1.54) is 56.9 Å². The lowest BCUT2D eigenvalue weighted by atomic mass is 9.88. The molecular formula is C19H32N2O. The van der Waals surface area contributed by atoms with Crippen molar-refractivity contribution in [2.75, 3.05) is 0 Å². The number of rotatable bonds is 7. The highest BCUT2D eigenvalue weighted by Crippen LogP contribution is 2.26. The van der Waals surface area contributed by atoms with Gasteiger partial charge in [0.2, 0.25) is 5.91 Å². The van der Waals surface area contributed by atoms with Gasteiger partial charge in [0.1, 0.15) is 0 Å². The van der Waals surface area contributed by atoms with Crippen LogP contribution in [0.25, 0.3) is 0 Å². The van der Waals surface area contributed by atoms with Gasteiger partial charge < -0.3 is 0 Å². The van der Waals surface area contributed by atoms with Gasteiger partial charge in [0, 0.05) is 11.6 Å². The molecule has 0 spiro atoms. The van der Waals surface area contributed by atoms with Crippen molar-refractivity contribution in [3.05, 3.63) is 17.0 Å². The maximum absolute atomic E-state index is 12.7. The Bertz CT molecular complexity index is 484. The molecule has 1 aromatic heterocycles. The van der Waals surface area contributed by atoms with Crippen LogP contribution in [0.5, 0.6) is 0 Å². The summed E-state index contributed by atoms with van der Waals surface area (Å²) in [6.07, 6.45) is 13.3. The zero-order valence-corrected chi connectivity index (χ0v) is 14.7. The average molecular weight is 304 g/mol. The molecule has 1 aromatic rings. The van der Waals surface area contributed by atoms with E-state index in [9.17, 15) is 4.79 Å². The zero-order chi connectivity index (χ0) is 15.9. The van der Waals surface area contributed by atoms with Gasteiger partial charge in [-0.2, -0.15) is 5.10 Å². The van der Waals surface area contributed by atoms with Crippen molar-refractivity contribution in [2.24, 2.45) is 5.92 Å². The van der Waals surface area contributed by atoms with Gasteiger partial charge in [0.25, 0.3) is 0 Å². The molecule has 2 rings (SSSR count). The lowest BCUT2D eigenvalue weighted by Gasteiger charge is -2.20. The minimum Gasteiger partial charge on any atom is -0.272 e. The second-order valence-corrected chi connectivity index (χ2v) is 6.90. The smallest absolute Gasteiger partial charge is 0.250 e. The standard InChI is InChI=1S/C19H32N2O/c1-4-5-6-7-11-14-18-15(2)20-21(16(18)3)19(22)17-12-9-8-10-13-17/h17H,4-14H2,1-3H3. The van der Waals surface area contributed by atoms with E-state index in [0.29, 0.717) is 0 Å². The third-order valence-electron chi connectivity index (χ3n) is 5.13. The third-order valence-corrected chi connectivity index (χ3v) is 5.13. The molecule has 0 unspecified atom stereocenters. The number of carbonyl (C=O) groups is 1. The number of unbranched alkanes of at least 4 members (excludes halogenated alkanes) is 4. The number of hydrogen-bond donors (Lipinski definition) is 0. The molecular weight excluding hydrogens is 272 g/mol. The van der Waals surface area contributed by atoms with Gasteiger partial charge in [-0.05, 0) is 45.1 Å². The predicted molar refractivity (Wildman–Crippen MR) is 91.4 cm³/mol. The van der Waals surface area contributed by atoms with E-state index in [0.717, 1.165) is 30.7 Å². The number of hydrogen-bond acceptors (Lipinski definition) is 2. The van der Waals surface area contributed by atoms with Crippen LogP contribution < -0.4 is 0 Å². The van der Waals surface area contributed by atoms with Crippen LogP contribution in [0.3, 0.4) is 0 Å². The minimum absolute atomic E-state index is 0.198. The largest absolute Gasteiger partial charge is 0.272 e.